The van der Waals surface area contributed by atoms with Gasteiger partial charge in [0.1, 0.15) is 12.6 Å². The second kappa shape index (κ2) is 11.2. The number of likely N-dealkylation sites (N-methyl/N-ethyl adjacent to an activating group) is 1. The lowest BCUT2D eigenvalue weighted by Crippen LogP contribution is -2.50. The maximum absolute atomic E-state index is 13.5. The van der Waals surface area contributed by atoms with Crippen molar-refractivity contribution in [3.05, 3.63) is 63.6 Å². The lowest BCUT2D eigenvalue weighted by molar-refractivity contribution is -0.139. The molecule has 0 heterocycles. The number of benzene rings is 2. The largest absolute Gasteiger partial charge is 0.357 e. The second-order valence-corrected chi connectivity index (χ2v) is 10.7. The van der Waals surface area contributed by atoms with Gasteiger partial charge < -0.3 is 10.2 Å². The zero-order valence-electron chi connectivity index (χ0n) is 19.3. The van der Waals surface area contributed by atoms with Crippen LogP contribution in [0.2, 0.25) is 10.0 Å². The van der Waals surface area contributed by atoms with E-state index in [-0.39, 0.29) is 12.5 Å². The number of amides is 2. The molecule has 2 rings (SSSR count). The van der Waals surface area contributed by atoms with E-state index in [0.717, 1.165) is 16.1 Å². The van der Waals surface area contributed by atoms with Gasteiger partial charge in [-0.1, -0.05) is 61.3 Å². The Kier molecular flexibility index (Phi) is 9.17. The van der Waals surface area contributed by atoms with Gasteiger partial charge in [0, 0.05) is 29.2 Å². The molecule has 2 aromatic carbocycles. The summed E-state index contributed by atoms with van der Waals surface area (Å²) < 4.78 is 26.5. The zero-order chi connectivity index (χ0) is 24.9. The molecule has 7 nitrogen and oxygen atoms in total. The van der Waals surface area contributed by atoms with E-state index in [1.165, 1.54) is 11.9 Å². The van der Waals surface area contributed by atoms with Crippen molar-refractivity contribution in [3.63, 3.8) is 0 Å². The number of halogens is 2. The van der Waals surface area contributed by atoms with Crippen LogP contribution in [0.15, 0.2) is 42.5 Å². The van der Waals surface area contributed by atoms with Gasteiger partial charge in [0.05, 0.1) is 11.9 Å². The predicted molar refractivity (Wildman–Crippen MR) is 133 cm³/mol. The van der Waals surface area contributed by atoms with E-state index in [0.29, 0.717) is 21.3 Å². The first kappa shape index (κ1) is 27.0. The SMILES string of the molecule is CNC(=O)[C@H](C)N(Cc1c(Cl)cccc1Cl)C(=O)CN(c1ccccc1C(C)C)S(C)(=O)=O. The third-order valence-electron chi connectivity index (χ3n) is 5.31. The second-order valence-electron chi connectivity index (χ2n) is 8.00. The number of nitrogens with zero attached hydrogens (tertiary/aromatic N) is 2. The molecule has 0 fully saturated rings. The number of anilines is 1. The highest BCUT2D eigenvalue weighted by molar-refractivity contribution is 7.92. The van der Waals surface area contributed by atoms with Gasteiger partial charge in [-0.3, -0.25) is 13.9 Å². The topological polar surface area (TPSA) is 86.8 Å². The van der Waals surface area contributed by atoms with Crippen molar-refractivity contribution < 1.29 is 18.0 Å². The lowest BCUT2D eigenvalue weighted by Gasteiger charge is -2.32. The van der Waals surface area contributed by atoms with Gasteiger partial charge in [0.2, 0.25) is 21.8 Å². The molecule has 1 atom stereocenters. The molecule has 0 aromatic heterocycles. The Morgan fingerprint density at radius 2 is 1.58 bits per heavy atom. The van der Waals surface area contributed by atoms with Gasteiger partial charge in [0.25, 0.3) is 0 Å². The molecule has 10 heteroatoms. The van der Waals surface area contributed by atoms with E-state index >= 15 is 0 Å². The summed E-state index contributed by atoms with van der Waals surface area (Å²) in [5, 5.41) is 3.21. The van der Waals surface area contributed by atoms with Crippen LogP contribution in [0.4, 0.5) is 5.69 Å². The summed E-state index contributed by atoms with van der Waals surface area (Å²) in [4.78, 5) is 27.2. The van der Waals surface area contributed by atoms with Crippen molar-refractivity contribution in [3.8, 4) is 0 Å². The molecule has 0 saturated carbocycles. The summed E-state index contributed by atoms with van der Waals surface area (Å²) in [6.07, 6.45) is 1.05. The average molecular weight is 514 g/mol. The highest BCUT2D eigenvalue weighted by Crippen LogP contribution is 2.30. The van der Waals surface area contributed by atoms with Crippen LogP contribution in [0.25, 0.3) is 0 Å². The molecular formula is C23H29Cl2N3O4S. The Morgan fingerprint density at radius 3 is 2.09 bits per heavy atom. The number of hydrogen-bond acceptors (Lipinski definition) is 4. The minimum absolute atomic E-state index is 0.0309. The van der Waals surface area contributed by atoms with E-state index in [2.05, 4.69) is 5.32 Å². The fraction of sp³-hybridized carbons (Fsp3) is 0.391. The van der Waals surface area contributed by atoms with Gasteiger partial charge in [0.15, 0.2) is 0 Å². The lowest BCUT2D eigenvalue weighted by atomic mass is 10.0. The number of nitrogens with one attached hydrogen (secondary N) is 1. The summed E-state index contributed by atoms with van der Waals surface area (Å²) in [6.45, 7) is 4.91. The first-order valence-electron chi connectivity index (χ1n) is 10.4. The highest BCUT2D eigenvalue weighted by atomic mass is 35.5. The summed E-state index contributed by atoms with van der Waals surface area (Å²) in [5.74, 6) is -0.936. The van der Waals surface area contributed by atoms with E-state index in [9.17, 15) is 18.0 Å². The van der Waals surface area contributed by atoms with Gasteiger partial charge in [-0.15, -0.1) is 0 Å². The fourth-order valence-corrected chi connectivity index (χ4v) is 4.83. The van der Waals surface area contributed by atoms with Crippen LogP contribution in [-0.2, 0) is 26.2 Å². The molecule has 0 unspecified atom stereocenters. The molecular weight excluding hydrogens is 485 g/mol. The van der Waals surface area contributed by atoms with Gasteiger partial charge >= 0.3 is 0 Å². The van der Waals surface area contributed by atoms with Crippen LogP contribution in [0.5, 0.6) is 0 Å². The van der Waals surface area contributed by atoms with Gasteiger partial charge in [-0.25, -0.2) is 8.42 Å². The van der Waals surface area contributed by atoms with Crippen LogP contribution in [0.3, 0.4) is 0 Å². The van der Waals surface area contributed by atoms with Gasteiger partial charge in [-0.05, 0) is 36.6 Å². The standard InChI is InChI=1S/C23H29Cl2N3O4S/c1-15(2)17-9-6-7-12-21(17)28(33(5,31)32)14-22(29)27(16(3)23(30)26-4)13-18-19(24)10-8-11-20(18)25/h6-12,15-16H,13-14H2,1-5H3,(H,26,30)/t16-/m0/s1. The van der Waals surface area contributed by atoms with E-state index in [4.69, 9.17) is 23.2 Å². The minimum Gasteiger partial charge on any atom is -0.357 e. The highest BCUT2D eigenvalue weighted by Gasteiger charge is 2.31. The molecule has 180 valence electrons. The minimum atomic E-state index is -3.81. The van der Waals surface area contributed by atoms with Crippen molar-refractivity contribution in [1.82, 2.24) is 10.2 Å². The van der Waals surface area contributed by atoms with Crippen molar-refractivity contribution in [1.29, 1.82) is 0 Å². The summed E-state index contributed by atoms with van der Waals surface area (Å²) in [7, 11) is -2.35. The van der Waals surface area contributed by atoms with Crippen molar-refractivity contribution in [2.24, 2.45) is 0 Å². The number of carbonyl (C=O) groups is 2. The molecule has 0 bridgehead atoms. The number of rotatable bonds is 9. The quantitative estimate of drug-likeness (QED) is 0.547. The molecule has 0 spiro atoms. The van der Waals surface area contributed by atoms with Crippen LogP contribution >= 0.6 is 23.2 Å². The first-order chi connectivity index (χ1) is 15.4. The summed E-state index contributed by atoms with van der Waals surface area (Å²) in [6, 6.07) is 11.1. The normalized spacial score (nSPS) is 12.4. The third-order valence-corrected chi connectivity index (χ3v) is 7.15. The van der Waals surface area contributed by atoms with Crippen LogP contribution in [0.1, 0.15) is 37.8 Å². The molecule has 1 N–H and O–H groups in total. The Bertz CT molecular complexity index is 1100. The predicted octanol–water partition coefficient (Wildman–Crippen LogP) is 4.05. The molecule has 0 saturated heterocycles. The molecule has 2 amide bonds. The van der Waals surface area contributed by atoms with Crippen molar-refractivity contribution in [2.75, 3.05) is 24.2 Å². The Morgan fingerprint density at radius 1 is 1.00 bits per heavy atom. The first-order valence-corrected chi connectivity index (χ1v) is 13.0. The number of sulfonamides is 1. The van der Waals surface area contributed by atoms with Gasteiger partial charge in [-0.2, -0.15) is 0 Å². The molecule has 0 aliphatic carbocycles. The van der Waals surface area contributed by atoms with E-state index in [1.54, 1.807) is 37.3 Å². The number of carbonyl (C=O) groups excluding carboxylic acids is 2. The van der Waals surface area contributed by atoms with Crippen LogP contribution < -0.4 is 9.62 Å². The Labute approximate surface area is 205 Å². The molecule has 2 aromatic rings. The van der Waals surface area contributed by atoms with Crippen LogP contribution in [-0.4, -0.2) is 51.0 Å². The smallest absolute Gasteiger partial charge is 0.244 e. The third kappa shape index (κ3) is 6.62. The van der Waals surface area contributed by atoms with Crippen molar-refractivity contribution in [2.45, 2.75) is 39.3 Å². The monoisotopic (exact) mass is 513 g/mol. The Balaban J connectivity index is 2.51. The number of para-hydroxylation sites is 1. The van der Waals surface area contributed by atoms with E-state index in [1.807, 2.05) is 26.0 Å². The average Bonchev–Trinajstić information content (AvgIpc) is 2.75. The molecule has 0 aliphatic rings. The molecule has 0 radical (unpaired) electrons. The summed E-state index contributed by atoms with van der Waals surface area (Å²) in [5.41, 5.74) is 1.68. The molecule has 0 aliphatic heterocycles. The molecule has 33 heavy (non-hydrogen) atoms. The Hall–Kier alpha value is -2.29. The summed E-state index contributed by atoms with van der Waals surface area (Å²) >= 11 is 12.6. The zero-order valence-corrected chi connectivity index (χ0v) is 21.6. The maximum atomic E-state index is 13.5. The maximum Gasteiger partial charge on any atom is 0.244 e. The fourth-order valence-electron chi connectivity index (χ4n) is 3.44. The van der Waals surface area contributed by atoms with E-state index < -0.39 is 34.4 Å². The van der Waals surface area contributed by atoms with Crippen molar-refractivity contribution >= 4 is 50.7 Å². The number of hydrogen-bond donors (Lipinski definition) is 1. The van der Waals surface area contributed by atoms with Crippen LogP contribution in [0, 0.1) is 0 Å².